The standard InChI is InChI=1S/C16H24N2O/c17-15-9-12(5-6-16(15)19)10-18-8-7-13-3-1-2-4-14(13)11-18/h5-6,9,13-14,19H,1-4,7-8,10-11,17H2. The van der Waals surface area contributed by atoms with E-state index in [9.17, 15) is 5.11 Å². The van der Waals surface area contributed by atoms with Crippen LogP contribution in [0.3, 0.4) is 0 Å². The Morgan fingerprint density at radius 1 is 1.16 bits per heavy atom. The molecule has 19 heavy (non-hydrogen) atoms. The van der Waals surface area contributed by atoms with Crippen LogP contribution in [0.4, 0.5) is 5.69 Å². The van der Waals surface area contributed by atoms with Crippen LogP contribution in [0.15, 0.2) is 18.2 Å². The first-order chi connectivity index (χ1) is 9.22. The van der Waals surface area contributed by atoms with Crippen molar-refractivity contribution in [1.29, 1.82) is 0 Å². The second-order valence-corrected chi connectivity index (χ2v) is 6.22. The van der Waals surface area contributed by atoms with Crippen molar-refractivity contribution in [3.05, 3.63) is 23.8 Å². The Morgan fingerprint density at radius 3 is 2.74 bits per heavy atom. The SMILES string of the molecule is Nc1cc(CN2CCC3CCCCC3C2)ccc1O. The van der Waals surface area contributed by atoms with Crippen molar-refractivity contribution in [2.75, 3.05) is 18.8 Å². The van der Waals surface area contributed by atoms with E-state index in [2.05, 4.69) is 4.90 Å². The van der Waals surface area contributed by atoms with E-state index in [1.807, 2.05) is 12.1 Å². The number of nitrogens with zero attached hydrogens (tertiary/aromatic N) is 1. The molecule has 1 aliphatic carbocycles. The number of fused-ring (bicyclic) bond motifs is 1. The summed E-state index contributed by atoms with van der Waals surface area (Å²) in [7, 11) is 0. The average Bonchev–Trinajstić information content (AvgIpc) is 2.43. The molecule has 2 fully saturated rings. The summed E-state index contributed by atoms with van der Waals surface area (Å²) in [6.07, 6.45) is 7.08. The van der Waals surface area contributed by atoms with E-state index in [1.54, 1.807) is 6.07 Å². The molecule has 0 spiro atoms. The summed E-state index contributed by atoms with van der Waals surface area (Å²) in [6, 6.07) is 5.60. The molecule has 3 N–H and O–H groups in total. The molecule has 1 aromatic carbocycles. The molecule has 0 amide bonds. The van der Waals surface area contributed by atoms with Gasteiger partial charge in [-0.25, -0.2) is 0 Å². The van der Waals surface area contributed by atoms with Gasteiger partial charge in [-0.1, -0.05) is 25.3 Å². The largest absolute Gasteiger partial charge is 0.506 e. The van der Waals surface area contributed by atoms with Crippen molar-refractivity contribution in [3.63, 3.8) is 0 Å². The van der Waals surface area contributed by atoms with Crippen molar-refractivity contribution in [1.82, 2.24) is 4.90 Å². The van der Waals surface area contributed by atoms with Crippen molar-refractivity contribution >= 4 is 5.69 Å². The topological polar surface area (TPSA) is 49.5 Å². The Hall–Kier alpha value is -1.22. The zero-order chi connectivity index (χ0) is 13.2. The van der Waals surface area contributed by atoms with Gasteiger partial charge in [-0.2, -0.15) is 0 Å². The highest BCUT2D eigenvalue weighted by atomic mass is 16.3. The lowest BCUT2D eigenvalue weighted by Gasteiger charge is -2.41. The van der Waals surface area contributed by atoms with Gasteiger partial charge in [0, 0.05) is 13.1 Å². The van der Waals surface area contributed by atoms with Crippen molar-refractivity contribution in [3.8, 4) is 5.75 Å². The molecule has 1 saturated carbocycles. The molecule has 3 rings (SSSR count). The number of phenolic OH excluding ortho intramolecular Hbond substituents is 1. The first-order valence-electron chi connectivity index (χ1n) is 7.52. The lowest BCUT2D eigenvalue weighted by Crippen LogP contribution is -2.41. The normalized spacial score (nSPS) is 28.0. The molecule has 2 atom stereocenters. The molecular weight excluding hydrogens is 236 g/mol. The van der Waals surface area contributed by atoms with Crippen LogP contribution >= 0.6 is 0 Å². The predicted molar refractivity (Wildman–Crippen MR) is 77.9 cm³/mol. The van der Waals surface area contributed by atoms with Gasteiger partial charge >= 0.3 is 0 Å². The maximum absolute atomic E-state index is 9.47. The summed E-state index contributed by atoms with van der Waals surface area (Å²) in [5, 5.41) is 9.47. The number of hydrogen-bond acceptors (Lipinski definition) is 3. The van der Waals surface area contributed by atoms with Gasteiger partial charge in [0.2, 0.25) is 0 Å². The molecule has 1 aromatic rings. The quantitative estimate of drug-likeness (QED) is 0.635. The van der Waals surface area contributed by atoms with E-state index in [1.165, 1.54) is 50.8 Å². The van der Waals surface area contributed by atoms with Gasteiger partial charge in [0.15, 0.2) is 0 Å². The predicted octanol–water partition coefficient (Wildman–Crippen LogP) is 2.99. The molecule has 0 bridgehead atoms. The van der Waals surface area contributed by atoms with E-state index >= 15 is 0 Å². The number of aromatic hydroxyl groups is 1. The number of hydrogen-bond donors (Lipinski definition) is 2. The highest BCUT2D eigenvalue weighted by Gasteiger charge is 2.30. The summed E-state index contributed by atoms with van der Waals surface area (Å²) in [6.45, 7) is 3.42. The van der Waals surface area contributed by atoms with Crippen LogP contribution in [0.25, 0.3) is 0 Å². The van der Waals surface area contributed by atoms with Crippen molar-refractivity contribution < 1.29 is 5.11 Å². The van der Waals surface area contributed by atoms with Gasteiger partial charge in [-0.3, -0.25) is 4.90 Å². The number of benzene rings is 1. The van der Waals surface area contributed by atoms with Crippen LogP contribution in [-0.4, -0.2) is 23.1 Å². The fourth-order valence-corrected chi connectivity index (χ4v) is 3.78. The Labute approximate surface area is 115 Å². The highest BCUT2D eigenvalue weighted by Crippen LogP contribution is 2.36. The van der Waals surface area contributed by atoms with Gasteiger partial charge < -0.3 is 10.8 Å². The van der Waals surface area contributed by atoms with Crippen LogP contribution in [0.5, 0.6) is 5.75 Å². The molecule has 0 radical (unpaired) electrons. The fourth-order valence-electron chi connectivity index (χ4n) is 3.78. The molecule has 0 aromatic heterocycles. The smallest absolute Gasteiger partial charge is 0.138 e. The number of piperidine rings is 1. The van der Waals surface area contributed by atoms with Crippen LogP contribution < -0.4 is 5.73 Å². The third-order valence-electron chi connectivity index (χ3n) is 4.87. The lowest BCUT2D eigenvalue weighted by atomic mass is 9.75. The number of rotatable bonds is 2. The number of phenols is 1. The third kappa shape index (κ3) is 2.86. The summed E-state index contributed by atoms with van der Waals surface area (Å²) >= 11 is 0. The van der Waals surface area contributed by atoms with Gasteiger partial charge in [0.05, 0.1) is 5.69 Å². The van der Waals surface area contributed by atoms with Gasteiger partial charge in [-0.15, -0.1) is 0 Å². The van der Waals surface area contributed by atoms with Crippen LogP contribution in [0.1, 0.15) is 37.7 Å². The van der Waals surface area contributed by atoms with E-state index in [-0.39, 0.29) is 5.75 Å². The molecule has 2 aliphatic rings. The van der Waals surface area contributed by atoms with Gasteiger partial charge in [-0.05, 0) is 48.9 Å². The molecule has 2 unspecified atom stereocenters. The zero-order valence-corrected chi connectivity index (χ0v) is 11.5. The molecule has 1 saturated heterocycles. The summed E-state index contributed by atoms with van der Waals surface area (Å²) < 4.78 is 0. The first-order valence-corrected chi connectivity index (χ1v) is 7.52. The minimum Gasteiger partial charge on any atom is -0.506 e. The van der Waals surface area contributed by atoms with Crippen LogP contribution in [0, 0.1) is 11.8 Å². The average molecular weight is 260 g/mol. The fraction of sp³-hybridized carbons (Fsp3) is 0.625. The molecule has 1 aliphatic heterocycles. The van der Waals surface area contributed by atoms with Crippen LogP contribution in [-0.2, 0) is 6.54 Å². The highest BCUT2D eigenvalue weighted by molar-refractivity contribution is 5.53. The number of anilines is 1. The number of nitrogens with two attached hydrogens (primary N) is 1. The maximum Gasteiger partial charge on any atom is 0.138 e. The molecule has 104 valence electrons. The molecule has 1 heterocycles. The van der Waals surface area contributed by atoms with E-state index in [4.69, 9.17) is 5.73 Å². The minimum atomic E-state index is 0.190. The van der Waals surface area contributed by atoms with Crippen molar-refractivity contribution in [2.45, 2.75) is 38.6 Å². The monoisotopic (exact) mass is 260 g/mol. The Kier molecular flexibility index (Phi) is 3.65. The number of nitrogen functional groups attached to an aromatic ring is 1. The first kappa shape index (κ1) is 12.8. The summed E-state index contributed by atoms with van der Waals surface area (Å²) in [4.78, 5) is 2.55. The van der Waals surface area contributed by atoms with Gasteiger partial charge in [0.25, 0.3) is 0 Å². The lowest BCUT2D eigenvalue weighted by molar-refractivity contribution is 0.0820. The second-order valence-electron chi connectivity index (χ2n) is 6.22. The van der Waals surface area contributed by atoms with Gasteiger partial charge in [0.1, 0.15) is 5.75 Å². The zero-order valence-electron chi connectivity index (χ0n) is 11.5. The second kappa shape index (κ2) is 5.41. The molecule has 3 nitrogen and oxygen atoms in total. The molecule has 3 heteroatoms. The number of likely N-dealkylation sites (tertiary alicyclic amines) is 1. The Balaban J connectivity index is 1.62. The third-order valence-corrected chi connectivity index (χ3v) is 4.87. The molecular formula is C16H24N2O. The van der Waals surface area contributed by atoms with Crippen molar-refractivity contribution in [2.24, 2.45) is 11.8 Å². The van der Waals surface area contributed by atoms with E-state index in [0.29, 0.717) is 5.69 Å². The Bertz CT molecular complexity index is 446. The maximum atomic E-state index is 9.47. The Morgan fingerprint density at radius 2 is 1.95 bits per heavy atom. The van der Waals surface area contributed by atoms with E-state index < -0.39 is 0 Å². The summed E-state index contributed by atoms with van der Waals surface area (Å²) in [5.41, 5.74) is 7.47. The minimum absolute atomic E-state index is 0.190. The van der Waals surface area contributed by atoms with E-state index in [0.717, 1.165) is 18.4 Å². The summed E-state index contributed by atoms with van der Waals surface area (Å²) in [5.74, 6) is 2.08. The van der Waals surface area contributed by atoms with Crippen LogP contribution in [0.2, 0.25) is 0 Å².